The standard InChI is InChI=1S/C15H21BrO10/c1-5-21-15(20)26-13-12(24-9(4)19)11(23-8(3)18)10(25-14(13)16)6-22-7(2)17/h10-14H,5-6H2,1-4H3/t10-,11-,12+,13-,14+/m1/s1. The van der Waals surface area contributed by atoms with Crippen LogP contribution in [0.3, 0.4) is 0 Å². The molecule has 0 bridgehead atoms. The van der Waals surface area contributed by atoms with Gasteiger partial charge in [-0.25, -0.2) is 4.79 Å². The van der Waals surface area contributed by atoms with Gasteiger partial charge in [-0.1, -0.05) is 15.9 Å². The van der Waals surface area contributed by atoms with Crippen molar-refractivity contribution in [3.8, 4) is 0 Å². The van der Waals surface area contributed by atoms with Crippen LogP contribution in [0.4, 0.5) is 4.79 Å². The number of esters is 3. The number of hydrogen-bond donors (Lipinski definition) is 0. The number of hydrogen-bond acceptors (Lipinski definition) is 10. The van der Waals surface area contributed by atoms with E-state index in [1.807, 2.05) is 0 Å². The minimum atomic E-state index is -1.21. The lowest BCUT2D eigenvalue weighted by Gasteiger charge is -2.42. The number of alkyl halides is 1. The van der Waals surface area contributed by atoms with Crippen LogP contribution in [-0.4, -0.2) is 66.7 Å². The number of carbonyl (C=O) groups is 4. The minimum Gasteiger partial charge on any atom is -0.463 e. The number of carbonyl (C=O) groups excluding carboxylic acids is 4. The maximum atomic E-state index is 11.7. The molecule has 11 heteroatoms. The highest BCUT2D eigenvalue weighted by Gasteiger charge is 2.51. The second kappa shape index (κ2) is 10.3. The molecular formula is C15H21BrO10. The van der Waals surface area contributed by atoms with Crippen LogP contribution in [0.1, 0.15) is 27.7 Å². The molecule has 10 nitrogen and oxygen atoms in total. The Bertz CT molecular complexity index is 537. The van der Waals surface area contributed by atoms with Gasteiger partial charge < -0.3 is 28.4 Å². The van der Waals surface area contributed by atoms with Gasteiger partial charge in [-0.05, 0) is 6.92 Å². The molecule has 1 fully saturated rings. The van der Waals surface area contributed by atoms with E-state index in [1.54, 1.807) is 6.92 Å². The molecule has 1 aliphatic heterocycles. The highest BCUT2D eigenvalue weighted by molar-refractivity contribution is 9.09. The van der Waals surface area contributed by atoms with Crippen molar-refractivity contribution in [2.75, 3.05) is 13.2 Å². The molecule has 0 aromatic heterocycles. The lowest BCUT2D eigenvalue weighted by Crippen LogP contribution is -2.61. The van der Waals surface area contributed by atoms with Crippen LogP contribution in [0.2, 0.25) is 0 Å². The summed E-state index contributed by atoms with van der Waals surface area (Å²) in [7, 11) is 0. The van der Waals surface area contributed by atoms with Gasteiger partial charge in [0.2, 0.25) is 0 Å². The van der Waals surface area contributed by atoms with Crippen molar-refractivity contribution < 1.29 is 47.6 Å². The van der Waals surface area contributed by atoms with Crippen LogP contribution in [0.15, 0.2) is 0 Å². The molecule has 1 aliphatic rings. The van der Waals surface area contributed by atoms with Crippen LogP contribution in [-0.2, 0) is 42.8 Å². The van der Waals surface area contributed by atoms with Gasteiger partial charge in [-0.3, -0.25) is 14.4 Å². The molecule has 0 radical (unpaired) electrons. The largest absolute Gasteiger partial charge is 0.508 e. The summed E-state index contributed by atoms with van der Waals surface area (Å²) in [6.45, 7) is 4.89. The van der Waals surface area contributed by atoms with Crippen molar-refractivity contribution in [1.82, 2.24) is 0 Å². The highest BCUT2D eigenvalue weighted by atomic mass is 79.9. The van der Waals surface area contributed by atoms with Crippen LogP contribution in [0.5, 0.6) is 0 Å². The fraction of sp³-hybridized carbons (Fsp3) is 0.733. The van der Waals surface area contributed by atoms with Gasteiger partial charge >= 0.3 is 24.1 Å². The third kappa shape index (κ3) is 6.79. The summed E-state index contributed by atoms with van der Waals surface area (Å²) in [5, 5.41) is -0.941. The molecule has 148 valence electrons. The van der Waals surface area contributed by atoms with E-state index in [1.165, 1.54) is 6.92 Å². The van der Waals surface area contributed by atoms with Crippen LogP contribution >= 0.6 is 15.9 Å². The topological polar surface area (TPSA) is 124 Å². The summed E-state index contributed by atoms with van der Waals surface area (Å²) in [6.07, 6.45) is -5.53. The van der Waals surface area contributed by atoms with Gasteiger partial charge in [-0.2, -0.15) is 0 Å². The molecule has 0 saturated carbocycles. The zero-order valence-electron chi connectivity index (χ0n) is 14.8. The Labute approximate surface area is 158 Å². The van der Waals surface area contributed by atoms with Gasteiger partial charge in [0.25, 0.3) is 0 Å². The first kappa shape index (κ1) is 22.2. The third-order valence-electron chi connectivity index (χ3n) is 3.13. The van der Waals surface area contributed by atoms with Gasteiger partial charge in [0.1, 0.15) is 12.7 Å². The summed E-state index contributed by atoms with van der Waals surface area (Å²) in [5.41, 5.74) is 0. The van der Waals surface area contributed by atoms with Crippen molar-refractivity contribution in [3.05, 3.63) is 0 Å². The second-order valence-corrected chi connectivity index (χ2v) is 6.14. The van der Waals surface area contributed by atoms with E-state index in [0.29, 0.717) is 0 Å². The Morgan fingerprint density at radius 1 is 0.846 bits per heavy atom. The first-order valence-electron chi connectivity index (χ1n) is 7.76. The monoisotopic (exact) mass is 440 g/mol. The maximum absolute atomic E-state index is 11.7. The molecule has 0 aliphatic carbocycles. The summed E-state index contributed by atoms with van der Waals surface area (Å²) in [4.78, 5) is 45.7. The zero-order chi connectivity index (χ0) is 19.9. The molecule has 0 aromatic carbocycles. The molecule has 26 heavy (non-hydrogen) atoms. The molecule has 0 spiro atoms. The smallest absolute Gasteiger partial charge is 0.463 e. The summed E-state index contributed by atoms with van der Waals surface area (Å²) in [5.74, 6) is -1.96. The highest BCUT2D eigenvalue weighted by Crippen LogP contribution is 2.31. The van der Waals surface area contributed by atoms with Crippen molar-refractivity contribution in [3.63, 3.8) is 0 Å². The Morgan fingerprint density at radius 3 is 1.92 bits per heavy atom. The third-order valence-corrected chi connectivity index (χ3v) is 3.86. The molecule has 1 heterocycles. The van der Waals surface area contributed by atoms with E-state index in [-0.39, 0.29) is 13.2 Å². The summed E-state index contributed by atoms with van der Waals surface area (Å²) in [6, 6.07) is 0. The van der Waals surface area contributed by atoms with Gasteiger partial charge in [0, 0.05) is 20.8 Å². The van der Waals surface area contributed by atoms with Crippen LogP contribution in [0, 0.1) is 0 Å². The van der Waals surface area contributed by atoms with Crippen LogP contribution < -0.4 is 0 Å². The molecule has 0 N–H and O–H groups in total. The Kier molecular flexibility index (Phi) is 8.79. The van der Waals surface area contributed by atoms with Crippen molar-refractivity contribution in [2.24, 2.45) is 0 Å². The molecular weight excluding hydrogens is 420 g/mol. The van der Waals surface area contributed by atoms with Gasteiger partial charge in [0.05, 0.1) is 6.61 Å². The SMILES string of the molecule is CCOC(=O)O[C@@H]1[C@@H](OC(C)=O)[C@H](OC(C)=O)[C@@H](COC(C)=O)O[C@@H]1Br. The van der Waals surface area contributed by atoms with Gasteiger partial charge in [-0.15, -0.1) is 0 Å². The normalized spacial score (nSPS) is 27.8. The van der Waals surface area contributed by atoms with Gasteiger partial charge in [0.15, 0.2) is 23.3 Å². The first-order chi connectivity index (χ1) is 12.1. The summed E-state index contributed by atoms with van der Waals surface area (Å²) < 4.78 is 30.7. The Morgan fingerprint density at radius 2 is 1.42 bits per heavy atom. The quantitative estimate of drug-likeness (QED) is 0.336. The molecule has 1 saturated heterocycles. The van der Waals surface area contributed by atoms with Crippen molar-refractivity contribution >= 4 is 40.0 Å². The van der Waals surface area contributed by atoms with E-state index in [0.717, 1.165) is 13.8 Å². The fourth-order valence-corrected chi connectivity index (χ4v) is 2.93. The molecule has 0 unspecified atom stereocenters. The van der Waals surface area contributed by atoms with E-state index in [2.05, 4.69) is 15.9 Å². The average Bonchev–Trinajstić information content (AvgIpc) is 2.51. The van der Waals surface area contributed by atoms with Crippen LogP contribution in [0.25, 0.3) is 0 Å². The summed E-state index contributed by atoms with van der Waals surface area (Å²) >= 11 is 3.18. The second-order valence-electron chi connectivity index (χ2n) is 5.24. The number of ether oxygens (including phenoxy) is 6. The maximum Gasteiger partial charge on any atom is 0.508 e. The first-order valence-corrected chi connectivity index (χ1v) is 8.68. The van der Waals surface area contributed by atoms with E-state index in [4.69, 9.17) is 28.4 Å². The van der Waals surface area contributed by atoms with E-state index < -0.39 is 53.5 Å². The average molecular weight is 441 g/mol. The fourth-order valence-electron chi connectivity index (χ4n) is 2.25. The Hall–Kier alpha value is -1.88. The lowest BCUT2D eigenvalue weighted by molar-refractivity contribution is -0.232. The van der Waals surface area contributed by atoms with E-state index >= 15 is 0 Å². The molecule has 0 amide bonds. The van der Waals surface area contributed by atoms with Crippen molar-refractivity contribution in [2.45, 2.75) is 57.1 Å². The molecule has 1 rings (SSSR count). The number of halogens is 1. The predicted molar refractivity (Wildman–Crippen MR) is 87.2 cm³/mol. The van der Waals surface area contributed by atoms with Crippen molar-refractivity contribution in [1.29, 1.82) is 0 Å². The molecule has 0 aromatic rings. The van der Waals surface area contributed by atoms with E-state index in [9.17, 15) is 19.2 Å². The lowest BCUT2D eigenvalue weighted by atomic mass is 9.99. The Balaban J connectivity index is 3.10. The molecule has 5 atom stereocenters. The minimum absolute atomic E-state index is 0.0695. The number of rotatable bonds is 6. The zero-order valence-corrected chi connectivity index (χ0v) is 16.3. The predicted octanol–water partition coefficient (Wildman–Crippen LogP) is 1.07.